The predicted molar refractivity (Wildman–Crippen MR) is 66.5 cm³/mol. The molecule has 0 saturated heterocycles. The third kappa shape index (κ3) is 2.95. The highest BCUT2D eigenvalue weighted by Crippen LogP contribution is 2.16. The molecule has 1 amide bonds. The van der Waals surface area contributed by atoms with Crippen molar-refractivity contribution in [2.24, 2.45) is 0 Å². The van der Waals surface area contributed by atoms with E-state index in [2.05, 4.69) is 26.4 Å². The fraction of sp³-hybridized carbons (Fsp3) is 0.167. The molecule has 1 aromatic carbocycles. The zero-order valence-electron chi connectivity index (χ0n) is 9.54. The van der Waals surface area contributed by atoms with Gasteiger partial charge in [-0.25, -0.2) is 4.39 Å². The number of halogens is 2. The monoisotopic (exact) mass is 312 g/mol. The summed E-state index contributed by atoms with van der Waals surface area (Å²) in [6.07, 6.45) is 0. The number of amides is 1. The first-order chi connectivity index (χ1) is 8.56. The van der Waals surface area contributed by atoms with E-state index in [1.807, 2.05) is 0 Å². The molecule has 2 rings (SSSR count). The van der Waals surface area contributed by atoms with Crippen LogP contribution in [0.2, 0.25) is 0 Å². The molecule has 1 N–H and O–H groups in total. The number of nitrogens with one attached hydrogen (secondary N) is 1. The number of nitrogens with zero attached hydrogens (tertiary/aromatic N) is 1. The lowest BCUT2D eigenvalue weighted by Crippen LogP contribution is -2.23. The van der Waals surface area contributed by atoms with Gasteiger partial charge in [0.05, 0.1) is 4.47 Å². The third-order valence-electron chi connectivity index (χ3n) is 2.30. The molecule has 1 heterocycles. The second-order valence-electron chi connectivity index (χ2n) is 3.75. The van der Waals surface area contributed by atoms with Crippen LogP contribution in [0, 0.1) is 12.7 Å². The lowest BCUT2D eigenvalue weighted by atomic mass is 10.2. The van der Waals surface area contributed by atoms with Crippen LogP contribution in [0.3, 0.4) is 0 Å². The number of aromatic nitrogens is 1. The van der Waals surface area contributed by atoms with Gasteiger partial charge in [-0.05, 0) is 40.5 Å². The molecule has 0 bridgehead atoms. The van der Waals surface area contributed by atoms with Gasteiger partial charge in [0, 0.05) is 12.6 Å². The van der Waals surface area contributed by atoms with Crippen LogP contribution in [0.1, 0.15) is 21.8 Å². The van der Waals surface area contributed by atoms with Gasteiger partial charge in [-0.3, -0.25) is 4.79 Å². The van der Waals surface area contributed by atoms with Crippen LogP contribution in [0.25, 0.3) is 0 Å². The van der Waals surface area contributed by atoms with Crippen LogP contribution in [-0.2, 0) is 6.54 Å². The second-order valence-corrected chi connectivity index (χ2v) is 4.61. The summed E-state index contributed by atoms with van der Waals surface area (Å²) in [6, 6.07) is 6.22. The molecule has 0 unspecified atom stereocenters. The highest BCUT2D eigenvalue weighted by Gasteiger charge is 2.10. The normalized spacial score (nSPS) is 10.4. The van der Waals surface area contributed by atoms with Gasteiger partial charge in [-0.2, -0.15) is 0 Å². The van der Waals surface area contributed by atoms with Crippen LogP contribution in [0.5, 0.6) is 0 Å². The summed E-state index contributed by atoms with van der Waals surface area (Å²) in [7, 11) is 0. The van der Waals surface area contributed by atoms with Crippen LogP contribution in [0.15, 0.2) is 33.3 Å². The van der Waals surface area contributed by atoms with E-state index in [1.54, 1.807) is 19.1 Å². The van der Waals surface area contributed by atoms with Crippen molar-refractivity contribution in [2.45, 2.75) is 13.5 Å². The number of benzene rings is 1. The zero-order chi connectivity index (χ0) is 13.1. The molecule has 1 aromatic heterocycles. The molecule has 4 nitrogen and oxygen atoms in total. The van der Waals surface area contributed by atoms with E-state index in [-0.39, 0.29) is 24.0 Å². The Morgan fingerprint density at radius 2 is 2.28 bits per heavy atom. The maximum Gasteiger partial charge on any atom is 0.273 e. The van der Waals surface area contributed by atoms with Crippen LogP contribution >= 0.6 is 15.9 Å². The Hall–Kier alpha value is -1.69. The molecule has 0 aliphatic carbocycles. The largest absolute Gasteiger partial charge is 0.361 e. The number of hydrogen-bond acceptors (Lipinski definition) is 3. The van der Waals surface area contributed by atoms with E-state index in [4.69, 9.17) is 4.52 Å². The molecule has 6 heteroatoms. The summed E-state index contributed by atoms with van der Waals surface area (Å²) in [6.45, 7) is 1.93. The van der Waals surface area contributed by atoms with E-state index in [9.17, 15) is 9.18 Å². The van der Waals surface area contributed by atoms with Crippen molar-refractivity contribution in [3.63, 3.8) is 0 Å². The van der Waals surface area contributed by atoms with Crippen molar-refractivity contribution in [1.29, 1.82) is 0 Å². The Labute approximate surface area is 111 Å². The highest BCUT2D eigenvalue weighted by molar-refractivity contribution is 9.10. The number of carbonyl (C=O) groups is 1. The smallest absolute Gasteiger partial charge is 0.273 e. The summed E-state index contributed by atoms with van der Waals surface area (Å²) < 4.78 is 18.4. The van der Waals surface area contributed by atoms with Gasteiger partial charge >= 0.3 is 0 Å². The summed E-state index contributed by atoms with van der Waals surface area (Å²) in [4.78, 5) is 11.6. The number of rotatable bonds is 3. The molecule has 0 aliphatic heterocycles. The van der Waals surface area contributed by atoms with Gasteiger partial charge in [0.2, 0.25) is 0 Å². The molecule has 0 aliphatic rings. The molecule has 0 atom stereocenters. The highest BCUT2D eigenvalue weighted by atomic mass is 79.9. The summed E-state index contributed by atoms with van der Waals surface area (Å²) in [5.74, 6) is -0.149. The molecule has 18 heavy (non-hydrogen) atoms. The quantitative estimate of drug-likeness (QED) is 0.948. The average molecular weight is 313 g/mol. The fourth-order valence-electron chi connectivity index (χ4n) is 1.40. The lowest BCUT2D eigenvalue weighted by molar-refractivity contribution is 0.0941. The first-order valence-corrected chi connectivity index (χ1v) is 6.01. The number of hydrogen-bond donors (Lipinski definition) is 1. The molecule has 0 radical (unpaired) electrons. The van der Waals surface area contributed by atoms with Crippen LogP contribution in [-0.4, -0.2) is 11.1 Å². The van der Waals surface area contributed by atoms with Crippen molar-refractivity contribution < 1.29 is 13.7 Å². The number of aryl methyl sites for hydroxylation is 1. The maximum atomic E-state index is 13.2. The van der Waals surface area contributed by atoms with Crippen molar-refractivity contribution >= 4 is 21.8 Å². The van der Waals surface area contributed by atoms with E-state index in [1.165, 1.54) is 12.1 Å². The van der Waals surface area contributed by atoms with E-state index in [0.29, 0.717) is 15.8 Å². The fourth-order valence-corrected chi connectivity index (χ4v) is 1.64. The van der Waals surface area contributed by atoms with Crippen LogP contribution in [0.4, 0.5) is 4.39 Å². The number of carbonyl (C=O) groups excluding carboxylic acids is 1. The van der Waals surface area contributed by atoms with E-state index < -0.39 is 0 Å². The second kappa shape index (κ2) is 5.30. The van der Waals surface area contributed by atoms with Gasteiger partial charge in [0.15, 0.2) is 5.69 Å². The predicted octanol–water partition coefficient (Wildman–Crippen LogP) is 2.81. The maximum absolute atomic E-state index is 13.2. The van der Waals surface area contributed by atoms with Crippen molar-refractivity contribution in [1.82, 2.24) is 10.5 Å². The first-order valence-electron chi connectivity index (χ1n) is 5.21. The minimum atomic E-state index is -0.362. The molecule has 0 spiro atoms. The standard InChI is InChI=1S/C12H10BrFN2O2/c1-7-4-11(16-18-7)12(17)15-6-8-2-3-9(13)10(14)5-8/h2-5H,6H2,1H3,(H,15,17). The van der Waals surface area contributed by atoms with Crippen molar-refractivity contribution in [2.75, 3.05) is 0 Å². The minimum absolute atomic E-state index is 0.213. The molecular weight excluding hydrogens is 303 g/mol. The van der Waals surface area contributed by atoms with E-state index >= 15 is 0 Å². The Bertz CT molecular complexity index is 583. The Kier molecular flexibility index (Phi) is 3.76. The summed E-state index contributed by atoms with van der Waals surface area (Å²) >= 11 is 3.06. The van der Waals surface area contributed by atoms with E-state index in [0.717, 1.165) is 0 Å². The Morgan fingerprint density at radius 1 is 1.50 bits per heavy atom. The topological polar surface area (TPSA) is 55.1 Å². The van der Waals surface area contributed by atoms with Gasteiger partial charge in [0.1, 0.15) is 11.6 Å². The molecule has 2 aromatic rings. The van der Waals surface area contributed by atoms with Gasteiger partial charge in [0.25, 0.3) is 5.91 Å². The molecule has 0 fully saturated rings. The minimum Gasteiger partial charge on any atom is -0.361 e. The SMILES string of the molecule is Cc1cc(C(=O)NCc2ccc(Br)c(F)c2)no1. The van der Waals surface area contributed by atoms with Crippen molar-refractivity contribution in [3.8, 4) is 0 Å². The Balaban J connectivity index is 1.99. The average Bonchev–Trinajstić information content (AvgIpc) is 2.77. The first kappa shape index (κ1) is 12.8. The van der Waals surface area contributed by atoms with Gasteiger partial charge in [-0.15, -0.1) is 0 Å². The van der Waals surface area contributed by atoms with Gasteiger partial charge < -0.3 is 9.84 Å². The molecule has 94 valence electrons. The third-order valence-corrected chi connectivity index (χ3v) is 2.94. The Morgan fingerprint density at radius 3 is 2.89 bits per heavy atom. The lowest BCUT2D eigenvalue weighted by Gasteiger charge is -2.04. The summed E-state index contributed by atoms with van der Waals surface area (Å²) in [5, 5.41) is 6.22. The van der Waals surface area contributed by atoms with Crippen LogP contribution < -0.4 is 5.32 Å². The van der Waals surface area contributed by atoms with Gasteiger partial charge in [-0.1, -0.05) is 11.2 Å². The zero-order valence-corrected chi connectivity index (χ0v) is 11.1. The molecule has 0 saturated carbocycles. The summed E-state index contributed by atoms with van der Waals surface area (Å²) in [5.41, 5.74) is 0.884. The van der Waals surface area contributed by atoms with Crippen molar-refractivity contribution in [3.05, 3.63) is 51.6 Å². The molecular formula is C12H10BrFN2O2.